The van der Waals surface area contributed by atoms with E-state index < -0.39 is 5.60 Å². The molecule has 146 valence electrons. The lowest BCUT2D eigenvalue weighted by molar-refractivity contribution is -0.0685. The summed E-state index contributed by atoms with van der Waals surface area (Å²) >= 11 is 12.0. The van der Waals surface area contributed by atoms with E-state index in [1.165, 1.54) is 5.56 Å². The third kappa shape index (κ3) is 5.71. The summed E-state index contributed by atoms with van der Waals surface area (Å²) in [6, 6.07) is 16.1. The lowest BCUT2D eigenvalue weighted by atomic mass is 9.67. The van der Waals surface area contributed by atoms with Gasteiger partial charge in [0.15, 0.2) is 0 Å². The summed E-state index contributed by atoms with van der Waals surface area (Å²) in [6.07, 6.45) is 4.68. The van der Waals surface area contributed by atoms with Crippen LogP contribution in [-0.2, 0) is 12.8 Å². The molecule has 1 fully saturated rings. The van der Waals surface area contributed by atoms with Crippen molar-refractivity contribution in [3.8, 4) is 0 Å². The summed E-state index contributed by atoms with van der Waals surface area (Å²) in [7, 11) is 4.18. The number of nitrogens with zero attached hydrogens (tertiary/aromatic N) is 1. The maximum absolute atomic E-state index is 11.5. The van der Waals surface area contributed by atoms with Gasteiger partial charge in [-0.05, 0) is 81.1 Å². The summed E-state index contributed by atoms with van der Waals surface area (Å²) in [6.45, 7) is 0.904. The van der Waals surface area contributed by atoms with Crippen molar-refractivity contribution < 1.29 is 5.11 Å². The minimum Gasteiger partial charge on any atom is -0.389 e. The van der Waals surface area contributed by atoms with Gasteiger partial charge in [-0.1, -0.05) is 47.5 Å². The Labute approximate surface area is 173 Å². The molecule has 0 heterocycles. The fraction of sp³-hybridized carbons (Fsp3) is 0.478. The second-order valence-electron chi connectivity index (χ2n) is 8.34. The minimum absolute atomic E-state index is 0.259. The molecular weight excluding hydrogens is 377 g/mol. The molecule has 3 atom stereocenters. The normalized spacial score (nSPS) is 25.7. The predicted octanol–water partition coefficient (Wildman–Crippen LogP) is 5.49. The quantitative estimate of drug-likeness (QED) is 0.686. The lowest BCUT2D eigenvalue weighted by Crippen LogP contribution is -2.49. The zero-order valence-electron chi connectivity index (χ0n) is 16.2. The van der Waals surface area contributed by atoms with Crippen LogP contribution in [0.4, 0.5) is 0 Å². The highest BCUT2D eigenvalue weighted by Crippen LogP contribution is 2.41. The van der Waals surface area contributed by atoms with Crippen molar-refractivity contribution in [3.05, 3.63) is 69.7 Å². The fourth-order valence-corrected chi connectivity index (χ4v) is 4.66. The van der Waals surface area contributed by atoms with E-state index in [2.05, 4.69) is 31.1 Å². The molecule has 1 saturated carbocycles. The van der Waals surface area contributed by atoms with E-state index >= 15 is 0 Å². The molecule has 0 aromatic heterocycles. The van der Waals surface area contributed by atoms with Crippen LogP contribution in [0.25, 0.3) is 0 Å². The van der Waals surface area contributed by atoms with Gasteiger partial charge in [-0.3, -0.25) is 0 Å². The molecule has 1 aliphatic rings. The van der Waals surface area contributed by atoms with Gasteiger partial charge in [0.2, 0.25) is 0 Å². The van der Waals surface area contributed by atoms with E-state index in [1.54, 1.807) is 0 Å². The third-order valence-corrected chi connectivity index (χ3v) is 6.31. The standard InChI is InChI=1S/C23H29Cl2NO/c1-26(2)16-20-14-19(13-17-3-7-21(24)8-4-17)11-12-23(20,27)15-18-5-9-22(25)10-6-18/h3-10,19-20,27H,11-16H2,1-2H3. The van der Waals surface area contributed by atoms with E-state index in [4.69, 9.17) is 23.2 Å². The Morgan fingerprint density at radius 1 is 0.963 bits per heavy atom. The minimum atomic E-state index is -0.658. The first-order valence-electron chi connectivity index (χ1n) is 9.70. The second-order valence-corrected chi connectivity index (χ2v) is 9.21. The highest BCUT2D eigenvalue weighted by Gasteiger charge is 2.42. The molecule has 0 radical (unpaired) electrons. The topological polar surface area (TPSA) is 23.5 Å². The van der Waals surface area contributed by atoms with Crippen LogP contribution in [0.1, 0.15) is 30.4 Å². The van der Waals surface area contributed by atoms with Crippen LogP contribution in [0.3, 0.4) is 0 Å². The highest BCUT2D eigenvalue weighted by molar-refractivity contribution is 6.30. The van der Waals surface area contributed by atoms with E-state index in [1.807, 2.05) is 36.4 Å². The SMILES string of the molecule is CN(C)CC1CC(Cc2ccc(Cl)cc2)CCC1(O)Cc1ccc(Cl)cc1. The highest BCUT2D eigenvalue weighted by atomic mass is 35.5. The average Bonchev–Trinajstić information content (AvgIpc) is 2.62. The number of rotatable bonds is 6. The summed E-state index contributed by atoms with van der Waals surface area (Å²) in [5.41, 5.74) is 1.83. The maximum Gasteiger partial charge on any atom is 0.0728 e. The van der Waals surface area contributed by atoms with Crippen molar-refractivity contribution >= 4 is 23.2 Å². The predicted molar refractivity (Wildman–Crippen MR) is 115 cm³/mol. The van der Waals surface area contributed by atoms with E-state index in [0.29, 0.717) is 12.3 Å². The molecule has 0 aliphatic heterocycles. The van der Waals surface area contributed by atoms with Crippen molar-refractivity contribution in [1.82, 2.24) is 4.90 Å². The van der Waals surface area contributed by atoms with Crippen LogP contribution in [0.5, 0.6) is 0 Å². The van der Waals surface area contributed by atoms with Gasteiger partial charge in [-0.25, -0.2) is 0 Å². The molecular formula is C23H29Cl2NO. The van der Waals surface area contributed by atoms with Gasteiger partial charge in [0.25, 0.3) is 0 Å². The van der Waals surface area contributed by atoms with Crippen molar-refractivity contribution in [2.24, 2.45) is 11.8 Å². The Hall–Kier alpha value is -1.06. The van der Waals surface area contributed by atoms with Crippen LogP contribution in [0.2, 0.25) is 10.0 Å². The molecule has 4 heteroatoms. The molecule has 2 aromatic rings. The van der Waals surface area contributed by atoms with Crippen LogP contribution < -0.4 is 0 Å². The van der Waals surface area contributed by atoms with Gasteiger partial charge < -0.3 is 10.0 Å². The second kappa shape index (κ2) is 8.96. The summed E-state index contributed by atoms with van der Waals surface area (Å²) < 4.78 is 0. The molecule has 0 saturated heterocycles. The molecule has 2 nitrogen and oxygen atoms in total. The first kappa shape index (κ1) is 20.7. The van der Waals surface area contributed by atoms with Crippen LogP contribution in [0.15, 0.2) is 48.5 Å². The molecule has 0 amide bonds. The summed E-state index contributed by atoms with van der Waals surface area (Å²) in [4.78, 5) is 2.20. The molecule has 2 aromatic carbocycles. The van der Waals surface area contributed by atoms with Crippen molar-refractivity contribution in [3.63, 3.8) is 0 Å². The number of benzene rings is 2. The summed E-state index contributed by atoms with van der Waals surface area (Å²) in [5, 5.41) is 13.1. The Morgan fingerprint density at radius 2 is 1.52 bits per heavy atom. The first-order chi connectivity index (χ1) is 12.8. The van der Waals surface area contributed by atoms with Crippen molar-refractivity contribution in [1.29, 1.82) is 0 Å². The largest absolute Gasteiger partial charge is 0.389 e. The Balaban J connectivity index is 1.71. The molecule has 1 aliphatic carbocycles. The third-order valence-electron chi connectivity index (χ3n) is 5.81. The molecule has 0 bridgehead atoms. The van der Waals surface area contributed by atoms with Gasteiger partial charge in [0.1, 0.15) is 0 Å². The van der Waals surface area contributed by atoms with Gasteiger partial charge in [0.05, 0.1) is 5.60 Å². The smallest absolute Gasteiger partial charge is 0.0728 e. The van der Waals surface area contributed by atoms with Gasteiger partial charge in [0, 0.05) is 28.9 Å². The first-order valence-corrected chi connectivity index (χ1v) is 10.5. The molecule has 3 rings (SSSR count). The number of halogens is 2. The van der Waals surface area contributed by atoms with Gasteiger partial charge >= 0.3 is 0 Å². The molecule has 0 spiro atoms. The lowest BCUT2D eigenvalue weighted by Gasteiger charge is -2.44. The number of hydrogen-bond acceptors (Lipinski definition) is 2. The monoisotopic (exact) mass is 405 g/mol. The summed E-state index contributed by atoms with van der Waals surface area (Å²) in [5.74, 6) is 0.857. The zero-order valence-corrected chi connectivity index (χ0v) is 17.7. The van der Waals surface area contributed by atoms with Crippen LogP contribution in [-0.4, -0.2) is 36.2 Å². The Morgan fingerprint density at radius 3 is 2.07 bits per heavy atom. The molecule has 3 unspecified atom stereocenters. The van der Waals surface area contributed by atoms with Crippen LogP contribution >= 0.6 is 23.2 Å². The zero-order chi connectivity index (χ0) is 19.4. The maximum atomic E-state index is 11.5. The fourth-order valence-electron chi connectivity index (χ4n) is 4.41. The van der Waals surface area contributed by atoms with E-state index in [9.17, 15) is 5.11 Å². The van der Waals surface area contributed by atoms with Gasteiger partial charge in [-0.2, -0.15) is 0 Å². The Bertz CT molecular complexity index is 729. The van der Waals surface area contributed by atoms with E-state index in [-0.39, 0.29) is 5.92 Å². The Kier molecular flexibility index (Phi) is 6.86. The van der Waals surface area contributed by atoms with Crippen molar-refractivity contribution in [2.45, 2.75) is 37.7 Å². The molecule has 1 N–H and O–H groups in total. The number of hydrogen-bond donors (Lipinski definition) is 1. The molecule has 27 heavy (non-hydrogen) atoms. The van der Waals surface area contributed by atoms with Crippen LogP contribution in [0, 0.1) is 11.8 Å². The number of aliphatic hydroxyl groups is 1. The van der Waals surface area contributed by atoms with E-state index in [0.717, 1.165) is 47.8 Å². The van der Waals surface area contributed by atoms with Gasteiger partial charge in [-0.15, -0.1) is 0 Å². The average molecular weight is 406 g/mol. The van der Waals surface area contributed by atoms with Crippen molar-refractivity contribution in [2.75, 3.05) is 20.6 Å².